The summed E-state index contributed by atoms with van der Waals surface area (Å²) in [6, 6.07) is 3.45. The molecule has 35 heavy (non-hydrogen) atoms. The van der Waals surface area contributed by atoms with E-state index >= 15 is 0 Å². The lowest BCUT2D eigenvalue weighted by Crippen LogP contribution is -2.67. The van der Waals surface area contributed by atoms with Crippen molar-refractivity contribution >= 4 is 23.7 Å². The first-order chi connectivity index (χ1) is 16.4. The molecule has 1 aromatic rings. The molecule has 192 valence electrons. The summed E-state index contributed by atoms with van der Waals surface area (Å²) in [5.41, 5.74) is -1.08. The van der Waals surface area contributed by atoms with Crippen molar-refractivity contribution in [3.8, 4) is 0 Å². The first-order valence-corrected chi connectivity index (χ1v) is 10.7. The second kappa shape index (κ2) is 11.8. The van der Waals surface area contributed by atoms with Gasteiger partial charge in [-0.1, -0.05) is 18.7 Å². The van der Waals surface area contributed by atoms with Crippen molar-refractivity contribution in [2.75, 3.05) is 39.3 Å². The summed E-state index contributed by atoms with van der Waals surface area (Å²) >= 11 is 0. The summed E-state index contributed by atoms with van der Waals surface area (Å²) in [4.78, 5) is 56.6. The summed E-state index contributed by atoms with van der Waals surface area (Å²) < 4.78 is 42.8. The molecule has 1 saturated heterocycles. The number of nitrogens with one attached hydrogen (secondary N) is 2. The maximum atomic E-state index is 12.9. The van der Waals surface area contributed by atoms with Crippen LogP contribution in [-0.2, 0) is 14.3 Å². The molecule has 0 radical (unpaired) electrons. The standard InChI is InChI=1S/C22H28F3N5O5/c1-4-11-35-20(34)30-10-9-29(13-16(30)18(32)28-14-22(23,24)25)21(2,3)19(33)27-12-17(31)15-7-5-6-8-26-15/h4-8,16H,1,9-14H2,2-3H3,(H,27,33)(H,28,32)/t16-/m0/s1. The van der Waals surface area contributed by atoms with Crippen molar-refractivity contribution in [3.05, 3.63) is 42.7 Å². The van der Waals surface area contributed by atoms with E-state index in [2.05, 4.69) is 16.9 Å². The average molecular weight is 499 g/mol. The van der Waals surface area contributed by atoms with E-state index in [0.717, 1.165) is 4.90 Å². The molecule has 0 bridgehead atoms. The van der Waals surface area contributed by atoms with Crippen LogP contribution in [0.15, 0.2) is 37.1 Å². The first-order valence-electron chi connectivity index (χ1n) is 10.7. The molecule has 0 aliphatic carbocycles. The molecule has 1 aliphatic rings. The van der Waals surface area contributed by atoms with Gasteiger partial charge in [0.2, 0.25) is 11.8 Å². The van der Waals surface area contributed by atoms with Crippen LogP contribution in [-0.4, -0.2) is 95.6 Å². The zero-order valence-electron chi connectivity index (χ0n) is 19.4. The van der Waals surface area contributed by atoms with Crippen molar-refractivity contribution in [2.24, 2.45) is 0 Å². The largest absolute Gasteiger partial charge is 0.445 e. The smallest absolute Gasteiger partial charge is 0.410 e. The minimum absolute atomic E-state index is 0.0797. The van der Waals surface area contributed by atoms with Crippen LogP contribution < -0.4 is 10.6 Å². The number of amides is 3. The fourth-order valence-electron chi connectivity index (χ4n) is 3.39. The molecule has 2 heterocycles. The van der Waals surface area contributed by atoms with Gasteiger partial charge in [0, 0.05) is 25.8 Å². The molecule has 2 N–H and O–H groups in total. The predicted octanol–water partition coefficient (Wildman–Crippen LogP) is 1.15. The summed E-state index contributed by atoms with van der Waals surface area (Å²) in [5, 5.41) is 4.31. The summed E-state index contributed by atoms with van der Waals surface area (Å²) in [6.07, 6.45) is -2.77. The lowest BCUT2D eigenvalue weighted by molar-refractivity contribution is -0.145. The fraction of sp³-hybridized carbons (Fsp3) is 0.500. The van der Waals surface area contributed by atoms with E-state index in [9.17, 15) is 32.3 Å². The Bertz CT molecular complexity index is 939. The third-order valence-corrected chi connectivity index (χ3v) is 5.41. The average Bonchev–Trinajstić information content (AvgIpc) is 2.83. The number of halogens is 3. The highest BCUT2D eigenvalue weighted by molar-refractivity contribution is 5.98. The van der Waals surface area contributed by atoms with Gasteiger partial charge in [-0.2, -0.15) is 13.2 Å². The molecule has 1 fully saturated rings. The van der Waals surface area contributed by atoms with Crippen LogP contribution in [0.2, 0.25) is 0 Å². The molecule has 1 aromatic heterocycles. The molecule has 0 saturated carbocycles. The molecule has 0 unspecified atom stereocenters. The Labute approximate surface area is 200 Å². The quantitative estimate of drug-likeness (QED) is 0.386. The van der Waals surface area contributed by atoms with Crippen LogP contribution in [0.3, 0.4) is 0 Å². The monoisotopic (exact) mass is 499 g/mol. The van der Waals surface area contributed by atoms with E-state index < -0.39 is 48.0 Å². The van der Waals surface area contributed by atoms with E-state index in [0.29, 0.717) is 0 Å². The summed E-state index contributed by atoms with van der Waals surface area (Å²) in [7, 11) is 0. The van der Waals surface area contributed by atoms with Gasteiger partial charge in [0.25, 0.3) is 0 Å². The van der Waals surface area contributed by atoms with Gasteiger partial charge >= 0.3 is 12.3 Å². The van der Waals surface area contributed by atoms with Crippen molar-refractivity contribution in [2.45, 2.75) is 31.6 Å². The Kier molecular flexibility index (Phi) is 9.34. The van der Waals surface area contributed by atoms with E-state index in [-0.39, 0.29) is 38.5 Å². The number of ketones is 1. The second-order valence-electron chi connectivity index (χ2n) is 8.23. The number of carbonyl (C=O) groups excluding carboxylic acids is 4. The van der Waals surface area contributed by atoms with Crippen LogP contribution in [0.5, 0.6) is 0 Å². The molecular formula is C22H28F3N5O5. The molecule has 0 aromatic carbocycles. The number of nitrogens with zero attached hydrogens (tertiary/aromatic N) is 3. The third kappa shape index (κ3) is 7.77. The van der Waals surface area contributed by atoms with Crippen LogP contribution in [0.1, 0.15) is 24.3 Å². The van der Waals surface area contributed by atoms with Crippen molar-refractivity contribution in [3.63, 3.8) is 0 Å². The summed E-state index contributed by atoms with van der Waals surface area (Å²) in [6.45, 7) is 4.29. The highest BCUT2D eigenvalue weighted by Crippen LogP contribution is 2.22. The number of pyridine rings is 1. The molecule has 13 heteroatoms. The van der Waals surface area contributed by atoms with Crippen molar-refractivity contribution in [1.29, 1.82) is 0 Å². The number of hydrogen-bond donors (Lipinski definition) is 2. The SMILES string of the molecule is C=CCOC(=O)N1CCN(C(C)(C)C(=O)NCC(=O)c2ccccn2)C[C@H]1C(=O)NCC(F)(F)F. The predicted molar refractivity (Wildman–Crippen MR) is 118 cm³/mol. The third-order valence-electron chi connectivity index (χ3n) is 5.41. The van der Waals surface area contributed by atoms with E-state index in [1.54, 1.807) is 36.2 Å². The van der Waals surface area contributed by atoms with Gasteiger partial charge in [-0.15, -0.1) is 0 Å². The van der Waals surface area contributed by atoms with Crippen molar-refractivity contribution < 1.29 is 37.1 Å². The van der Waals surface area contributed by atoms with Gasteiger partial charge in [0.05, 0.1) is 12.1 Å². The Balaban J connectivity index is 2.11. The molecule has 3 amide bonds. The van der Waals surface area contributed by atoms with Crippen molar-refractivity contribution in [1.82, 2.24) is 25.4 Å². The summed E-state index contributed by atoms with van der Waals surface area (Å²) in [5.74, 6) is -1.99. The number of piperazine rings is 1. The Morgan fingerprint density at radius 3 is 2.51 bits per heavy atom. The van der Waals surface area contributed by atoms with Crippen LogP contribution in [0.4, 0.5) is 18.0 Å². The molecule has 10 nitrogen and oxygen atoms in total. The Hall–Kier alpha value is -3.48. The Morgan fingerprint density at radius 2 is 1.91 bits per heavy atom. The molecular weight excluding hydrogens is 471 g/mol. The van der Waals surface area contributed by atoms with Gasteiger partial charge in [0.1, 0.15) is 24.9 Å². The minimum Gasteiger partial charge on any atom is -0.445 e. The van der Waals surface area contributed by atoms with Gasteiger partial charge in [-0.3, -0.25) is 29.2 Å². The molecule has 1 aliphatic heterocycles. The normalized spacial score (nSPS) is 16.8. The van der Waals surface area contributed by atoms with Gasteiger partial charge in [-0.25, -0.2) is 4.79 Å². The van der Waals surface area contributed by atoms with Crippen LogP contribution in [0, 0.1) is 0 Å². The van der Waals surface area contributed by atoms with E-state index in [1.807, 2.05) is 0 Å². The van der Waals surface area contributed by atoms with Gasteiger partial charge in [-0.05, 0) is 26.0 Å². The molecule has 2 rings (SSSR count). The topological polar surface area (TPSA) is 121 Å². The second-order valence-corrected chi connectivity index (χ2v) is 8.23. The van der Waals surface area contributed by atoms with Crippen LogP contribution >= 0.6 is 0 Å². The highest BCUT2D eigenvalue weighted by Gasteiger charge is 2.44. The Morgan fingerprint density at radius 1 is 1.20 bits per heavy atom. The molecule has 0 spiro atoms. The highest BCUT2D eigenvalue weighted by atomic mass is 19.4. The number of aromatic nitrogens is 1. The number of Topliss-reactive ketones (excluding diaryl/α,β-unsaturated/α-hetero) is 1. The maximum absolute atomic E-state index is 12.9. The number of rotatable bonds is 9. The molecule has 1 atom stereocenters. The number of hydrogen-bond acceptors (Lipinski definition) is 7. The number of alkyl halides is 3. The maximum Gasteiger partial charge on any atom is 0.410 e. The van der Waals surface area contributed by atoms with E-state index in [1.165, 1.54) is 18.3 Å². The number of ether oxygens (including phenoxy) is 1. The van der Waals surface area contributed by atoms with Crippen LogP contribution in [0.25, 0.3) is 0 Å². The fourth-order valence-corrected chi connectivity index (χ4v) is 3.39. The van der Waals surface area contributed by atoms with E-state index in [4.69, 9.17) is 4.74 Å². The zero-order chi connectivity index (χ0) is 26.2. The lowest BCUT2D eigenvalue weighted by atomic mass is 9.98. The van der Waals surface area contributed by atoms with Gasteiger partial charge in [0.15, 0.2) is 5.78 Å². The number of carbonyl (C=O) groups is 4. The van der Waals surface area contributed by atoms with Gasteiger partial charge < -0.3 is 15.4 Å². The lowest BCUT2D eigenvalue weighted by Gasteiger charge is -2.45. The zero-order valence-corrected chi connectivity index (χ0v) is 19.4. The first kappa shape index (κ1) is 27.8. The minimum atomic E-state index is -4.64.